The zero-order chi connectivity index (χ0) is 14.5. The van der Waals surface area contributed by atoms with Gasteiger partial charge in [0, 0.05) is 19.1 Å². The summed E-state index contributed by atoms with van der Waals surface area (Å²) in [6, 6.07) is 7.87. The second kappa shape index (κ2) is 6.61. The first-order chi connectivity index (χ1) is 9.56. The smallest absolute Gasteiger partial charge is 0.304 e. The monoisotopic (exact) mass is 279 g/mol. The Balaban J connectivity index is 1.93. The summed E-state index contributed by atoms with van der Waals surface area (Å²) in [6.45, 7) is 5.79. The van der Waals surface area contributed by atoms with Gasteiger partial charge in [-0.3, -0.25) is 9.69 Å². The molecule has 2 rings (SSSR count). The molecule has 20 heavy (non-hydrogen) atoms. The molecule has 1 N–H and O–H groups in total. The maximum Gasteiger partial charge on any atom is 0.304 e. The van der Waals surface area contributed by atoms with Crippen LogP contribution in [-0.2, 0) is 4.79 Å². The number of carboxylic acids is 1. The van der Waals surface area contributed by atoms with E-state index in [2.05, 4.69) is 18.7 Å². The quantitative estimate of drug-likeness (QED) is 0.863. The molecule has 0 saturated heterocycles. The fourth-order valence-corrected chi connectivity index (χ4v) is 2.21. The first-order valence-corrected chi connectivity index (χ1v) is 6.90. The molecule has 1 aromatic carbocycles. The summed E-state index contributed by atoms with van der Waals surface area (Å²) in [6.07, 6.45) is 0.0728. The van der Waals surface area contributed by atoms with E-state index in [0.717, 1.165) is 11.5 Å². The number of ether oxygens (including phenoxy) is 2. The fraction of sp³-hybridized carbons (Fsp3) is 0.533. The molecular formula is C15H21NO4. The van der Waals surface area contributed by atoms with Crippen molar-refractivity contribution in [3.63, 3.8) is 0 Å². The van der Waals surface area contributed by atoms with Crippen molar-refractivity contribution in [2.45, 2.75) is 32.4 Å². The van der Waals surface area contributed by atoms with Crippen LogP contribution in [0, 0.1) is 0 Å². The molecule has 0 aliphatic carbocycles. The van der Waals surface area contributed by atoms with Crippen molar-refractivity contribution < 1.29 is 19.4 Å². The lowest BCUT2D eigenvalue weighted by Crippen LogP contribution is -2.44. The van der Waals surface area contributed by atoms with Gasteiger partial charge in [0.05, 0.1) is 6.42 Å². The number of para-hydroxylation sites is 2. The summed E-state index contributed by atoms with van der Waals surface area (Å²) < 4.78 is 11.6. The fourth-order valence-electron chi connectivity index (χ4n) is 2.21. The van der Waals surface area contributed by atoms with Gasteiger partial charge >= 0.3 is 5.97 Å². The Morgan fingerprint density at radius 2 is 2.10 bits per heavy atom. The minimum absolute atomic E-state index is 0.0684. The zero-order valence-corrected chi connectivity index (χ0v) is 11.9. The highest BCUT2D eigenvalue weighted by Crippen LogP contribution is 2.31. The Morgan fingerprint density at radius 1 is 1.40 bits per heavy atom. The summed E-state index contributed by atoms with van der Waals surface area (Å²) >= 11 is 0. The van der Waals surface area contributed by atoms with Crippen molar-refractivity contribution in [1.82, 2.24) is 4.90 Å². The number of aliphatic carboxylic acids is 1. The van der Waals surface area contributed by atoms with Crippen molar-refractivity contribution >= 4 is 5.97 Å². The molecule has 0 bridgehead atoms. The number of rotatable bonds is 6. The Hall–Kier alpha value is -1.75. The van der Waals surface area contributed by atoms with Gasteiger partial charge in [0.25, 0.3) is 0 Å². The van der Waals surface area contributed by atoms with Gasteiger partial charge in [-0.1, -0.05) is 12.1 Å². The average Bonchev–Trinajstić information content (AvgIpc) is 2.42. The Bertz CT molecular complexity index is 461. The van der Waals surface area contributed by atoms with Gasteiger partial charge in [0.15, 0.2) is 11.5 Å². The number of carboxylic acid groups (broad SMARTS) is 1. The maximum absolute atomic E-state index is 10.7. The van der Waals surface area contributed by atoms with E-state index in [9.17, 15) is 4.79 Å². The molecule has 1 aliphatic rings. The van der Waals surface area contributed by atoms with Crippen molar-refractivity contribution in [2.24, 2.45) is 0 Å². The van der Waals surface area contributed by atoms with Crippen LogP contribution in [0.3, 0.4) is 0 Å². The van der Waals surface area contributed by atoms with Crippen molar-refractivity contribution in [2.75, 3.05) is 19.7 Å². The third-order valence-electron chi connectivity index (χ3n) is 3.35. The minimum atomic E-state index is -0.776. The number of nitrogens with zero attached hydrogens (tertiary/aromatic N) is 1. The average molecular weight is 279 g/mol. The van der Waals surface area contributed by atoms with E-state index in [1.54, 1.807) is 0 Å². The van der Waals surface area contributed by atoms with Gasteiger partial charge in [0.1, 0.15) is 12.7 Å². The molecule has 5 heteroatoms. The van der Waals surface area contributed by atoms with Crippen molar-refractivity contribution in [1.29, 1.82) is 0 Å². The Kier molecular flexibility index (Phi) is 4.84. The molecule has 1 aromatic rings. The molecule has 0 amide bonds. The molecule has 0 fully saturated rings. The number of fused-ring (bicyclic) bond motifs is 1. The normalized spacial score (nSPS) is 17.5. The van der Waals surface area contributed by atoms with Crippen LogP contribution in [0.15, 0.2) is 24.3 Å². The summed E-state index contributed by atoms with van der Waals surface area (Å²) in [5, 5.41) is 8.80. The first kappa shape index (κ1) is 14.7. The molecular weight excluding hydrogens is 258 g/mol. The molecule has 0 saturated carbocycles. The van der Waals surface area contributed by atoms with Gasteiger partial charge in [-0.2, -0.15) is 0 Å². The van der Waals surface area contributed by atoms with Gasteiger partial charge in [-0.05, 0) is 26.0 Å². The van der Waals surface area contributed by atoms with Gasteiger partial charge < -0.3 is 14.6 Å². The third-order valence-corrected chi connectivity index (χ3v) is 3.35. The first-order valence-electron chi connectivity index (χ1n) is 6.90. The Labute approximate surface area is 119 Å². The lowest BCUT2D eigenvalue weighted by molar-refractivity contribution is -0.137. The van der Waals surface area contributed by atoms with E-state index in [1.807, 2.05) is 24.3 Å². The third kappa shape index (κ3) is 3.87. The standard InChI is InChI=1S/C15H21NO4/c1-11(2)16(8-7-15(17)18)9-12-10-19-13-5-3-4-6-14(13)20-12/h3-6,11-12H,7-10H2,1-2H3,(H,17,18). The summed E-state index contributed by atoms with van der Waals surface area (Å²) in [5.74, 6) is 0.748. The van der Waals surface area contributed by atoms with Crippen LogP contribution < -0.4 is 9.47 Å². The number of hydrogen-bond donors (Lipinski definition) is 1. The topological polar surface area (TPSA) is 59.0 Å². The van der Waals surface area contributed by atoms with Crippen molar-refractivity contribution in [3.05, 3.63) is 24.3 Å². The predicted octanol–water partition coefficient (Wildman–Crippen LogP) is 2.01. The van der Waals surface area contributed by atoms with Crippen LogP contribution in [-0.4, -0.2) is 47.8 Å². The zero-order valence-electron chi connectivity index (χ0n) is 11.9. The lowest BCUT2D eigenvalue weighted by Gasteiger charge is -2.33. The van der Waals surface area contributed by atoms with Gasteiger partial charge in [-0.25, -0.2) is 0 Å². The molecule has 1 aliphatic heterocycles. The van der Waals surface area contributed by atoms with E-state index < -0.39 is 5.97 Å². The van der Waals surface area contributed by atoms with Crippen LogP contribution >= 0.6 is 0 Å². The SMILES string of the molecule is CC(C)N(CCC(=O)O)CC1COc2ccccc2O1. The highest BCUT2D eigenvalue weighted by atomic mass is 16.6. The number of benzene rings is 1. The predicted molar refractivity (Wildman–Crippen MR) is 75.3 cm³/mol. The summed E-state index contributed by atoms with van der Waals surface area (Å²) in [7, 11) is 0. The van der Waals surface area contributed by atoms with E-state index in [4.69, 9.17) is 14.6 Å². The van der Waals surface area contributed by atoms with Crippen LogP contribution in [0.5, 0.6) is 11.5 Å². The molecule has 1 unspecified atom stereocenters. The van der Waals surface area contributed by atoms with Gasteiger partial charge in [-0.15, -0.1) is 0 Å². The molecule has 110 valence electrons. The second-order valence-electron chi connectivity index (χ2n) is 5.23. The molecule has 0 aromatic heterocycles. The van der Waals surface area contributed by atoms with Crippen LogP contribution in [0.2, 0.25) is 0 Å². The largest absolute Gasteiger partial charge is 0.486 e. The lowest BCUT2D eigenvalue weighted by atomic mass is 10.2. The van der Waals surface area contributed by atoms with E-state index in [1.165, 1.54) is 0 Å². The summed E-state index contributed by atoms with van der Waals surface area (Å²) in [4.78, 5) is 12.8. The molecule has 0 radical (unpaired) electrons. The highest BCUT2D eigenvalue weighted by Gasteiger charge is 2.24. The van der Waals surface area contributed by atoms with Crippen molar-refractivity contribution in [3.8, 4) is 11.5 Å². The minimum Gasteiger partial charge on any atom is -0.486 e. The Morgan fingerprint density at radius 3 is 2.75 bits per heavy atom. The molecule has 1 heterocycles. The molecule has 1 atom stereocenters. The second-order valence-corrected chi connectivity index (χ2v) is 5.23. The van der Waals surface area contributed by atoms with Gasteiger partial charge in [0.2, 0.25) is 0 Å². The molecule has 5 nitrogen and oxygen atoms in total. The van der Waals surface area contributed by atoms with Crippen LogP contribution in [0.4, 0.5) is 0 Å². The number of hydrogen-bond acceptors (Lipinski definition) is 4. The number of carbonyl (C=O) groups is 1. The highest BCUT2D eigenvalue weighted by molar-refractivity contribution is 5.66. The van der Waals surface area contributed by atoms with E-state index in [-0.39, 0.29) is 18.6 Å². The van der Waals surface area contributed by atoms with Crippen LogP contribution in [0.25, 0.3) is 0 Å². The maximum atomic E-state index is 10.7. The molecule has 0 spiro atoms. The van der Waals surface area contributed by atoms with E-state index >= 15 is 0 Å². The van der Waals surface area contributed by atoms with Crippen LogP contribution in [0.1, 0.15) is 20.3 Å². The van der Waals surface area contributed by atoms with E-state index in [0.29, 0.717) is 19.7 Å². The summed E-state index contributed by atoms with van der Waals surface area (Å²) in [5.41, 5.74) is 0.